The van der Waals surface area contributed by atoms with E-state index in [1.807, 2.05) is 25.1 Å². The Labute approximate surface area is 91.1 Å². The van der Waals surface area contributed by atoms with E-state index in [0.717, 1.165) is 15.1 Å². The van der Waals surface area contributed by atoms with Gasteiger partial charge in [0, 0.05) is 15.4 Å². The first kappa shape index (κ1) is 11.0. The van der Waals surface area contributed by atoms with Crippen molar-refractivity contribution >= 4 is 27.5 Å². The first-order chi connectivity index (χ1) is 6.15. The van der Waals surface area contributed by atoms with E-state index in [4.69, 9.17) is 17.5 Å². The third kappa shape index (κ3) is 2.95. The molecule has 0 saturated heterocycles. The SMILES string of the molecule is CC(CON)c1ccc(Br)cc1Cl. The highest BCUT2D eigenvalue weighted by atomic mass is 79.9. The standard InChI is InChI=1S/C9H11BrClNO/c1-6(5-13-12)8-3-2-7(10)4-9(8)11/h2-4,6H,5,12H2,1H3. The average molecular weight is 265 g/mol. The van der Waals surface area contributed by atoms with Gasteiger partial charge >= 0.3 is 0 Å². The Bertz CT molecular complexity index is 293. The maximum absolute atomic E-state index is 6.03. The van der Waals surface area contributed by atoms with Crippen molar-refractivity contribution in [3.05, 3.63) is 33.3 Å². The highest BCUT2D eigenvalue weighted by Gasteiger charge is 2.09. The summed E-state index contributed by atoms with van der Waals surface area (Å²) in [7, 11) is 0. The summed E-state index contributed by atoms with van der Waals surface area (Å²) in [5.41, 5.74) is 1.05. The van der Waals surface area contributed by atoms with Crippen molar-refractivity contribution in [3.8, 4) is 0 Å². The largest absolute Gasteiger partial charge is 0.304 e. The summed E-state index contributed by atoms with van der Waals surface area (Å²) in [4.78, 5) is 4.57. The fourth-order valence-corrected chi connectivity index (χ4v) is 1.99. The van der Waals surface area contributed by atoms with Crippen LogP contribution < -0.4 is 5.90 Å². The van der Waals surface area contributed by atoms with Gasteiger partial charge in [0.2, 0.25) is 0 Å². The monoisotopic (exact) mass is 263 g/mol. The van der Waals surface area contributed by atoms with Crippen LogP contribution in [0, 0.1) is 0 Å². The van der Waals surface area contributed by atoms with Crippen LogP contribution >= 0.6 is 27.5 Å². The molecule has 0 aliphatic carbocycles. The zero-order valence-corrected chi connectivity index (χ0v) is 9.60. The van der Waals surface area contributed by atoms with Crippen LogP contribution in [-0.4, -0.2) is 6.61 Å². The number of hydrogen-bond donors (Lipinski definition) is 1. The Morgan fingerprint density at radius 2 is 2.31 bits per heavy atom. The van der Waals surface area contributed by atoms with Crippen molar-refractivity contribution in [3.63, 3.8) is 0 Å². The number of rotatable bonds is 3. The fraction of sp³-hybridized carbons (Fsp3) is 0.333. The molecule has 0 saturated carbocycles. The van der Waals surface area contributed by atoms with E-state index in [1.54, 1.807) is 0 Å². The maximum Gasteiger partial charge on any atom is 0.0745 e. The van der Waals surface area contributed by atoms with E-state index < -0.39 is 0 Å². The molecule has 1 aromatic rings. The molecule has 4 heteroatoms. The van der Waals surface area contributed by atoms with Crippen molar-refractivity contribution in [2.45, 2.75) is 12.8 Å². The quantitative estimate of drug-likeness (QED) is 0.852. The Morgan fingerprint density at radius 3 is 2.85 bits per heavy atom. The molecule has 1 atom stereocenters. The molecule has 0 amide bonds. The van der Waals surface area contributed by atoms with E-state index >= 15 is 0 Å². The third-order valence-electron chi connectivity index (χ3n) is 1.84. The van der Waals surface area contributed by atoms with Crippen molar-refractivity contribution < 1.29 is 4.84 Å². The van der Waals surface area contributed by atoms with Crippen molar-refractivity contribution in [1.82, 2.24) is 0 Å². The lowest BCUT2D eigenvalue weighted by Crippen LogP contribution is -2.08. The molecule has 1 aromatic carbocycles. The Hall–Kier alpha value is -0.0900. The Morgan fingerprint density at radius 1 is 1.62 bits per heavy atom. The zero-order chi connectivity index (χ0) is 9.84. The lowest BCUT2D eigenvalue weighted by Gasteiger charge is -2.11. The predicted octanol–water partition coefficient (Wildman–Crippen LogP) is 3.10. The highest BCUT2D eigenvalue weighted by Crippen LogP contribution is 2.27. The summed E-state index contributed by atoms with van der Waals surface area (Å²) in [5, 5.41) is 0.735. The van der Waals surface area contributed by atoms with Crippen LogP contribution in [0.1, 0.15) is 18.4 Å². The minimum atomic E-state index is 0.214. The Balaban J connectivity index is 2.88. The topological polar surface area (TPSA) is 35.2 Å². The lowest BCUT2D eigenvalue weighted by molar-refractivity contribution is 0.126. The molecule has 72 valence electrons. The average Bonchev–Trinajstić information content (AvgIpc) is 2.04. The van der Waals surface area contributed by atoms with Gasteiger partial charge in [0.15, 0.2) is 0 Å². The minimum absolute atomic E-state index is 0.214. The Kier molecular flexibility index (Phi) is 4.19. The van der Waals surface area contributed by atoms with Gasteiger partial charge in [0.25, 0.3) is 0 Å². The van der Waals surface area contributed by atoms with E-state index in [1.165, 1.54) is 0 Å². The van der Waals surface area contributed by atoms with Gasteiger partial charge in [0.1, 0.15) is 0 Å². The molecular weight excluding hydrogens is 253 g/mol. The molecular formula is C9H11BrClNO. The molecule has 13 heavy (non-hydrogen) atoms. The van der Waals surface area contributed by atoms with Gasteiger partial charge in [-0.15, -0.1) is 0 Å². The zero-order valence-electron chi connectivity index (χ0n) is 7.26. The summed E-state index contributed by atoms with van der Waals surface area (Å²) >= 11 is 9.38. The third-order valence-corrected chi connectivity index (χ3v) is 2.66. The number of nitrogens with two attached hydrogens (primary N) is 1. The van der Waals surface area contributed by atoms with E-state index in [-0.39, 0.29) is 5.92 Å². The molecule has 2 N–H and O–H groups in total. The number of hydrogen-bond acceptors (Lipinski definition) is 2. The van der Waals surface area contributed by atoms with Crippen molar-refractivity contribution in [1.29, 1.82) is 0 Å². The lowest BCUT2D eigenvalue weighted by atomic mass is 10.0. The molecule has 0 radical (unpaired) electrons. The van der Waals surface area contributed by atoms with Crippen LogP contribution in [0.2, 0.25) is 5.02 Å². The smallest absolute Gasteiger partial charge is 0.0745 e. The van der Waals surface area contributed by atoms with Crippen LogP contribution in [0.4, 0.5) is 0 Å². The minimum Gasteiger partial charge on any atom is -0.304 e. The second-order valence-corrected chi connectivity index (χ2v) is 4.22. The fourth-order valence-electron chi connectivity index (χ4n) is 1.14. The molecule has 1 rings (SSSR count). The molecule has 0 aliphatic rings. The van der Waals surface area contributed by atoms with Gasteiger partial charge < -0.3 is 4.84 Å². The van der Waals surface area contributed by atoms with E-state index in [0.29, 0.717) is 6.61 Å². The highest BCUT2D eigenvalue weighted by molar-refractivity contribution is 9.10. The van der Waals surface area contributed by atoms with Crippen LogP contribution in [0.15, 0.2) is 22.7 Å². The second kappa shape index (κ2) is 4.96. The van der Waals surface area contributed by atoms with Crippen molar-refractivity contribution in [2.24, 2.45) is 5.90 Å². The van der Waals surface area contributed by atoms with Gasteiger partial charge in [-0.1, -0.05) is 40.5 Å². The van der Waals surface area contributed by atoms with Crippen LogP contribution in [0.3, 0.4) is 0 Å². The number of halogens is 2. The normalized spacial score (nSPS) is 12.9. The summed E-state index contributed by atoms with van der Waals surface area (Å²) in [6.07, 6.45) is 0. The van der Waals surface area contributed by atoms with E-state index in [2.05, 4.69) is 20.8 Å². The van der Waals surface area contributed by atoms with Gasteiger partial charge in [0.05, 0.1) is 6.61 Å². The summed E-state index contributed by atoms with van der Waals surface area (Å²) < 4.78 is 0.974. The molecule has 2 nitrogen and oxygen atoms in total. The van der Waals surface area contributed by atoms with Crippen LogP contribution in [0.5, 0.6) is 0 Å². The van der Waals surface area contributed by atoms with Crippen LogP contribution in [0.25, 0.3) is 0 Å². The van der Waals surface area contributed by atoms with Gasteiger partial charge in [-0.3, -0.25) is 0 Å². The molecule has 0 bridgehead atoms. The predicted molar refractivity (Wildman–Crippen MR) is 57.7 cm³/mol. The first-order valence-corrected chi connectivity index (χ1v) is 5.09. The summed E-state index contributed by atoms with van der Waals surface area (Å²) in [5.74, 6) is 5.21. The maximum atomic E-state index is 6.03. The summed E-state index contributed by atoms with van der Waals surface area (Å²) in [6.45, 7) is 2.49. The molecule has 0 heterocycles. The molecule has 0 fully saturated rings. The van der Waals surface area contributed by atoms with Crippen LogP contribution in [-0.2, 0) is 4.84 Å². The van der Waals surface area contributed by atoms with Crippen molar-refractivity contribution in [2.75, 3.05) is 6.61 Å². The molecule has 0 aromatic heterocycles. The second-order valence-electron chi connectivity index (χ2n) is 2.90. The van der Waals surface area contributed by atoms with Gasteiger partial charge in [-0.25, -0.2) is 5.90 Å². The van der Waals surface area contributed by atoms with E-state index in [9.17, 15) is 0 Å². The van der Waals surface area contributed by atoms with Gasteiger partial charge in [-0.2, -0.15) is 0 Å². The molecule has 0 spiro atoms. The molecule has 0 aliphatic heterocycles. The molecule has 1 unspecified atom stereocenters. The first-order valence-electron chi connectivity index (χ1n) is 3.91. The summed E-state index contributed by atoms with van der Waals surface area (Å²) in [6, 6.07) is 5.79. The van der Waals surface area contributed by atoms with Gasteiger partial charge in [-0.05, 0) is 17.7 Å². The number of benzene rings is 1.